The molecule has 150 valence electrons. The Labute approximate surface area is 165 Å². The Balaban J connectivity index is 1.68. The lowest BCUT2D eigenvalue weighted by molar-refractivity contribution is 0.171. The molecule has 0 spiro atoms. The van der Waals surface area contributed by atoms with Crippen LogP contribution in [0.5, 0.6) is 17.2 Å². The van der Waals surface area contributed by atoms with E-state index in [0.717, 1.165) is 11.1 Å². The molecule has 0 bridgehead atoms. The van der Waals surface area contributed by atoms with Crippen LogP contribution in [0.2, 0.25) is 0 Å². The number of rotatable bonds is 4. The summed E-state index contributed by atoms with van der Waals surface area (Å²) in [7, 11) is -2.03. The minimum atomic E-state index is -3.57. The first-order valence-corrected chi connectivity index (χ1v) is 10.7. The van der Waals surface area contributed by atoms with E-state index < -0.39 is 10.0 Å². The Morgan fingerprint density at radius 3 is 2.64 bits per heavy atom. The van der Waals surface area contributed by atoms with Gasteiger partial charge in [-0.25, -0.2) is 8.42 Å². The highest BCUT2D eigenvalue weighted by molar-refractivity contribution is 7.89. The molecule has 0 amide bonds. The summed E-state index contributed by atoms with van der Waals surface area (Å²) in [6.45, 7) is 4.58. The lowest BCUT2D eigenvalue weighted by atomic mass is 10.0. The van der Waals surface area contributed by atoms with Gasteiger partial charge < -0.3 is 19.5 Å². The van der Waals surface area contributed by atoms with Gasteiger partial charge in [0.15, 0.2) is 11.5 Å². The molecule has 0 aliphatic carbocycles. The van der Waals surface area contributed by atoms with Crippen molar-refractivity contribution >= 4 is 10.0 Å². The molecule has 2 aliphatic heterocycles. The van der Waals surface area contributed by atoms with E-state index in [9.17, 15) is 8.42 Å². The van der Waals surface area contributed by atoms with Crippen LogP contribution in [0.15, 0.2) is 41.3 Å². The van der Waals surface area contributed by atoms with Crippen LogP contribution < -0.4 is 19.5 Å². The average Bonchev–Trinajstić information content (AvgIpc) is 2.73. The summed E-state index contributed by atoms with van der Waals surface area (Å²) in [4.78, 5) is 0.236. The molecule has 2 aliphatic rings. The van der Waals surface area contributed by atoms with E-state index in [2.05, 4.69) is 5.32 Å². The maximum Gasteiger partial charge on any atom is 0.243 e. The topological polar surface area (TPSA) is 77.1 Å². The molecule has 7 nitrogen and oxygen atoms in total. The molecule has 0 aromatic heterocycles. The second-order valence-electron chi connectivity index (χ2n) is 6.94. The van der Waals surface area contributed by atoms with E-state index >= 15 is 0 Å². The summed E-state index contributed by atoms with van der Waals surface area (Å²) >= 11 is 0. The van der Waals surface area contributed by atoms with E-state index in [-0.39, 0.29) is 10.9 Å². The molecule has 0 radical (unpaired) electrons. The Bertz CT molecular complexity index is 977. The average molecular weight is 404 g/mol. The SMILES string of the molecule is COc1cc(S(=O)(=O)N2CCN[C@H](C)C2)ccc1-c1ccc2c(c1)OCCO2. The number of benzene rings is 2. The number of hydrogen-bond donors (Lipinski definition) is 1. The number of ether oxygens (including phenoxy) is 3. The second kappa shape index (κ2) is 7.62. The molecular weight excluding hydrogens is 380 g/mol. The van der Waals surface area contributed by atoms with Crippen molar-refractivity contribution in [3.8, 4) is 28.4 Å². The molecule has 1 N–H and O–H groups in total. The van der Waals surface area contributed by atoms with Gasteiger partial charge in [0.25, 0.3) is 0 Å². The van der Waals surface area contributed by atoms with Crippen molar-refractivity contribution < 1.29 is 22.6 Å². The first kappa shape index (κ1) is 19.0. The Kier molecular flexibility index (Phi) is 5.18. The van der Waals surface area contributed by atoms with Gasteiger partial charge >= 0.3 is 0 Å². The maximum atomic E-state index is 13.0. The van der Waals surface area contributed by atoms with Gasteiger partial charge in [0.2, 0.25) is 10.0 Å². The van der Waals surface area contributed by atoms with Crippen LogP contribution in [-0.4, -0.2) is 58.7 Å². The van der Waals surface area contributed by atoms with Crippen molar-refractivity contribution in [2.24, 2.45) is 0 Å². The Morgan fingerprint density at radius 2 is 1.89 bits per heavy atom. The quantitative estimate of drug-likeness (QED) is 0.841. The van der Waals surface area contributed by atoms with Gasteiger partial charge in [-0.05, 0) is 36.8 Å². The number of hydrogen-bond acceptors (Lipinski definition) is 6. The first-order valence-electron chi connectivity index (χ1n) is 9.30. The Hall–Kier alpha value is -2.29. The highest BCUT2D eigenvalue weighted by Gasteiger charge is 2.29. The highest BCUT2D eigenvalue weighted by Crippen LogP contribution is 2.38. The molecular formula is C20H24N2O5S. The highest BCUT2D eigenvalue weighted by atomic mass is 32.2. The molecule has 28 heavy (non-hydrogen) atoms. The molecule has 2 aromatic rings. The standard InChI is InChI=1S/C20H24N2O5S/c1-14-13-22(8-7-21-14)28(23,24)16-4-5-17(19(12-16)25-2)15-3-6-18-20(11-15)27-10-9-26-18/h3-6,11-12,14,21H,7-10,13H2,1-2H3/t14-/m1/s1. The number of sulfonamides is 1. The zero-order chi connectivity index (χ0) is 19.7. The van der Waals surface area contributed by atoms with E-state index in [4.69, 9.17) is 14.2 Å². The summed E-state index contributed by atoms with van der Waals surface area (Å²) < 4.78 is 44.4. The molecule has 0 unspecified atom stereocenters. The summed E-state index contributed by atoms with van der Waals surface area (Å²) in [6, 6.07) is 10.8. The van der Waals surface area contributed by atoms with Gasteiger partial charge in [-0.3, -0.25) is 0 Å². The number of nitrogens with zero attached hydrogens (tertiary/aromatic N) is 1. The minimum Gasteiger partial charge on any atom is -0.496 e. The maximum absolute atomic E-state index is 13.0. The zero-order valence-corrected chi connectivity index (χ0v) is 16.8. The number of nitrogens with one attached hydrogen (secondary N) is 1. The minimum absolute atomic E-state index is 0.127. The van der Waals surface area contributed by atoms with Crippen molar-refractivity contribution in [3.05, 3.63) is 36.4 Å². The third-order valence-corrected chi connectivity index (χ3v) is 6.86. The number of piperazine rings is 1. The van der Waals surface area contributed by atoms with Gasteiger partial charge in [-0.15, -0.1) is 0 Å². The molecule has 4 rings (SSSR count). The number of fused-ring (bicyclic) bond motifs is 1. The summed E-state index contributed by atoms with van der Waals surface area (Å²) in [5.74, 6) is 1.89. The van der Waals surface area contributed by atoms with Crippen LogP contribution in [0.3, 0.4) is 0 Å². The molecule has 1 saturated heterocycles. The molecule has 2 heterocycles. The van der Waals surface area contributed by atoms with Crippen molar-refractivity contribution in [2.75, 3.05) is 40.0 Å². The van der Waals surface area contributed by atoms with Crippen molar-refractivity contribution in [2.45, 2.75) is 17.9 Å². The molecule has 1 fully saturated rings. The first-order chi connectivity index (χ1) is 13.5. The summed E-state index contributed by atoms with van der Waals surface area (Å²) in [6.07, 6.45) is 0. The van der Waals surface area contributed by atoms with Gasteiger partial charge in [-0.1, -0.05) is 6.07 Å². The van der Waals surface area contributed by atoms with Crippen molar-refractivity contribution in [3.63, 3.8) is 0 Å². The van der Waals surface area contributed by atoms with Gasteiger partial charge in [0.1, 0.15) is 19.0 Å². The van der Waals surface area contributed by atoms with E-state index in [1.165, 1.54) is 4.31 Å². The van der Waals surface area contributed by atoms with Crippen LogP contribution in [-0.2, 0) is 10.0 Å². The lowest BCUT2D eigenvalue weighted by Gasteiger charge is -2.31. The third kappa shape index (κ3) is 3.55. The predicted molar refractivity (Wildman–Crippen MR) is 106 cm³/mol. The lowest BCUT2D eigenvalue weighted by Crippen LogP contribution is -2.51. The predicted octanol–water partition coefficient (Wildman–Crippen LogP) is 2.12. The van der Waals surface area contributed by atoms with E-state index in [1.807, 2.05) is 25.1 Å². The summed E-state index contributed by atoms with van der Waals surface area (Å²) in [5, 5.41) is 3.26. The van der Waals surface area contributed by atoms with Gasteiger partial charge in [-0.2, -0.15) is 4.31 Å². The molecule has 0 saturated carbocycles. The van der Waals surface area contributed by atoms with Crippen molar-refractivity contribution in [1.29, 1.82) is 0 Å². The Morgan fingerprint density at radius 1 is 1.11 bits per heavy atom. The van der Waals surface area contributed by atoms with Crippen LogP contribution in [0, 0.1) is 0 Å². The molecule has 2 aromatic carbocycles. The van der Waals surface area contributed by atoms with E-state index in [0.29, 0.717) is 50.1 Å². The van der Waals surface area contributed by atoms with Crippen molar-refractivity contribution in [1.82, 2.24) is 9.62 Å². The second-order valence-corrected chi connectivity index (χ2v) is 8.88. The van der Waals surface area contributed by atoms with Gasteiger partial charge in [0.05, 0.1) is 12.0 Å². The van der Waals surface area contributed by atoms with Crippen LogP contribution in [0.4, 0.5) is 0 Å². The fourth-order valence-corrected chi connectivity index (χ4v) is 5.09. The molecule has 1 atom stereocenters. The summed E-state index contributed by atoms with van der Waals surface area (Å²) in [5.41, 5.74) is 1.67. The van der Waals surface area contributed by atoms with Crippen LogP contribution in [0.1, 0.15) is 6.92 Å². The van der Waals surface area contributed by atoms with Crippen LogP contribution >= 0.6 is 0 Å². The largest absolute Gasteiger partial charge is 0.496 e. The monoisotopic (exact) mass is 404 g/mol. The fraction of sp³-hybridized carbons (Fsp3) is 0.400. The normalized spacial score (nSPS) is 20.0. The van der Waals surface area contributed by atoms with E-state index in [1.54, 1.807) is 25.3 Å². The molecule has 8 heteroatoms. The fourth-order valence-electron chi connectivity index (χ4n) is 3.55. The third-order valence-electron chi connectivity index (χ3n) is 5.00. The van der Waals surface area contributed by atoms with Crippen LogP contribution in [0.25, 0.3) is 11.1 Å². The van der Waals surface area contributed by atoms with Gasteiger partial charge in [0, 0.05) is 37.3 Å². The zero-order valence-electron chi connectivity index (χ0n) is 16.0. The number of methoxy groups -OCH3 is 1. The smallest absolute Gasteiger partial charge is 0.243 e.